The molecule has 0 heterocycles. The van der Waals surface area contributed by atoms with Crippen molar-refractivity contribution in [2.24, 2.45) is 5.92 Å². The van der Waals surface area contributed by atoms with Gasteiger partial charge in [0.05, 0.1) is 13.0 Å². The lowest BCUT2D eigenvalue weighted by atomic mass is 9.75. The van der Waals surface area contributed by atoms with Crippen molar-refractivity contribution in [3.05, 3.63) is 28.3 Å². The van der Waals surface area contributed by atoms with Crippen LogP contribution in [0.2, 0.25) is 0 Å². The number of carbonyl (C=O) groups excluding carboxylic acids is 1. The number of aromatic hydroxyl groups is 1. The Morgan fingerprint density at radius 2 is 1.77 bits per heavy atom. The second-order valence-corrected chi connectivity index (χ2v) is 9.84. The van der Waals surface area contributed by atoms with E-state index in [1.807, 2.05) is 0 Å². The number of phenols is 1. The quantitative estimate of drug-likeness (QED) is 0.517. The Kier molecular flexibility index (Phi) is 7.64. The van der Waals surface area contributed by atoms with Gasteiger partial charge in [-0.3, -0.25) is 4.79 Å². The number of phenolic OH excluding ortho intramolecular Hbond substituents is 1. The van der Waals surface area contributed by atoms with Crippen LogP contribution >= 0.6 is 12.6 Å². The fraction of sp³-hybridized carbons (Fsp3) is 0.682. The van der Waals surface area contributed by atoms with Gasteiger partial charge in [0.2, 0.25) is 0 Å². The van der Waals surface area contributed by atoms with Gasteiger partial charge in [-0.25, -0.2) is 0 Å². The first-order chi connectivity index (χ1) is 11.8. The molecular weight excluding hydrogens is 344 g/mol. The average Bonchev–Trinajstić information content (AvgIpc) is 2.45. The van der Waals surface area contributed by atoms with Gasteiger partial charge in [-0.2, -0.15) is 12.6 Å². The molecular formula is C22H36O3S. The maximum Gasteiger partial charge on any atom is 0.306 e. The number of rotatable bonds is 6. The molecule has 3 nitrogen and oxygen atoms in total. The molecule has 0 saturated carbocycles. The van der Waals surface area contributed by atoms with E-state index in [9.17, 15) is 9.90 Å². The van der Waals surface area contributed by atoms with E-state index < -0.39 is 0 Å². The molecule has 1 rings (SSSR count). The summed E-state index contributed by atoms with van der Waals surface area (Å²) in [5.74, 6) is 0.940. The summed E-state index contributed by atoms with van der Waals surface area (Å²) in [5, 5.41) is 11.0. The molecule has 0 aliphatic carbocycles. The van der Waals surface area contributed by atoms with E-state index in [-0.39, 0.29) is 22.7 Å². The van der Waals surface area contributed by atoms with Crippen LogP contribution in [0.5, 0.6) is 5.75 Å². The molecule has 1 aromatic carbocycles. The van der Waals surface area contributed by atoms with E-state index in [0.717, 1.165) is 23.1 Å². The predicted molar refractivity (Wildman–Crippen MR) is 113 cm³/mol. The number of thiol groups is 1. The summed E-state index contributed by atoms with van der Waals surface area (Å²) in [6.07, 6.45) is 1.16. The van der Waals surface area contributed by atoms with Crippen LogP contribution in [-0.2, 0) is 26.8 Å². The largest absolute Gasteiger partial charge is 0.507 e. The van der Waals surface area contributed by atoms with E-state index in [1.54, 1.807) is 0 Å². The molecule has 1 N–H and O–H groups in total. The topological polar surface area (TPSA) is 46.5 Å². The van der Waals surface area contributed by atoms with Crippen LogP contribution in [-0.4, -0.2) is 23.4 Å². The third kappa shape index (κ3) is 5.94. The second-order valence-electron chi connectivity index (χ2n) is 9.40. The van der Waals surface area contributed by atoms with E-state index in [0.29, 0.717) is 24.5 Å². The lowest BCUT2D eigenvalue weighted by molar-refractivity contribution is -0.144. The highest BCUT2D eigenvalue weighted by atomic mass is 32.1. The van der Waals surface area contributed by atoms with Crippen molar-refractivity contribution in [1.29, 1.82) is 0 Å². The molecule has 0 bridgehead atoms. The monoisotopic (exact) mass is 380 g/mol. The zero-order valence-electron chi connectivity index (χ0n) is 17.7. The molecule has 0 aliphatic heterocycles. The van der Waals surface area contributed by atoms with Gasteiger partial charge in [0.1, 0.15) is 5.75 Å². The molecule has 0 saturated heterocycles. The first-order valence-corrected chi connectivity index (χ1v) is 10.0. The average molecular weight is 381 g/mol. The number of carbonyl (C=O) groups is 1. The molecule has 4 heteroatoms. The summed E-state index contributed by atoms with van der Waals surface area (Å²) in [6.45, 7) is 17.3. The number of hydrogen-bond acceptors (Lipinski definition) is 4. The minimum Gasteiger partial charge on any atom is -0.507 e. The van der Waals surface area contributed by atoms with Crippen molar-refractivity contribution in [2.45, 2.75) is 79.1 Å². The Morgan fingerprint density at radius 1 is 1.19 bits per heavy atom. The highest BCUT2D eigenvalue weighted by Gasteiger charge is 2.29. The van der Waals surface area contributed by atoms with Crippen LogP contribution in [0.4, 0.5) is 0 Å². The van der Waals surface area contributed by atoms with Gasteiger partial charge in [0.15, 0.2) is 0 Å². The van der Waals surface area contributed by atoms with E-state index in [2.05, 4.69) is 74.1 Å². The van der Waals surface area contributed by atoms with E-state index >= 15 is 0 Å². The summed E-state index contributed by atoms with van der Waals surface area (Å²) in [7, 11) is 0. The Labute approximate surface area is 164 Å². The zero-order valence-corrected chi connectivity index (χ0v) is 18.6. The second kappa shape index (κ2) is 8.69. The van der Waals surface area contributed by atoms with Crippen LogP contribution < -0.4 is 0 Å². The van der Waals surface area contributed by atoms with Crippen molar-refractivity contribution in [3.63, 3.8) is 0 Å². The highest BCUT2D eigenvalue weighted by Crippen LogP contribution is 2.42. The van der Waals surface area contributed by atoms with Gasteiger partial charge in [0, 0.05) is 11.3 Å². The molecule has 0 fully saturated rings. The molecule has 0 spiro atoms. The van der Waals surface area contributed by atoms with Crippen molar-refractivity contribution < 1.29 is 14.6 Å². The number of esters is 1. The molecule has 1 unspecified atom stereocenters. The van der Waals surface area contributed by atoms with Crippen molar-refractivity contribution in [3.8, 4) is 5.75 Å². The molecule has 1 atom stereocenters. The Balaban J connectivity index is 3.20. The summed E-state index contributed by atoms with van der Waals surface area (Å²) in [4.78, 5) is 11.6. The van der Waals surface area contributed by atoms with Crippen LogP contribution in [0.15, 0.2) is 6.07 Å². The molecule has 0 radical (unpaired) electrons. The van der Waals surface area contributed by atoms with Gasteiger partial charge in [-0.05, 0) is 46.8 Å². The van der Waals surface area contributed by atoms with Gasteiger partial charge in [-0.15, -0.1) is 0 Å². The Hall–Kier alpha value is -1.16. The molecule has 0 aliphatic rings. The minimum absolute atomic E-state index is 0.144. The Morgan fingerprint density at radius 3 is 2.23 bits per heavy atom. The number of hydrogen-bond donors (Lipinski definition) is 2. The van der Waals surface area contributed by atoms with Crippen molar-refractivity contribution >= 4 is 18.6 Å². The maximum absolute atomic E-state index is 11.6. The van der Waals surface area contributed by atoms with E-state index in [4.69, 9.17) is 4.74 Å². The van der Waals surface area contributed by atoms with Crippen LogP contribution in [0.1, 0.15) is 77.1 Å². The molecule has 1 aromatic rings. The lowest BCUT2D eigenvalue weighted by Crippen LogP contribution is -2.21. The van der Waals surface area contributed by atoms with Crippen LogP contribution in [0.3, 0.4) is 0 Å². The lowest BCUT2D eigenvalue weighted by Gasteiger charge is -2.31. The van der Waals surface area contributed by atoms with Gasteiger partial charge in [-0.1, -0.05) is 54.5 Å². The van der Waals surface area contributed by atoms with Crippen LogP contribution in [0.25, 0.3) is 0 Å². The normalized spacial score (nSPS) is 13.6. The smallest absolute Gasteiger partial charge is 0.306 e. The first-order valence-electron chi connectivity index (χ1n) is 9.42. The molecule has 148 valence electrons. The summed E-state index contributed by atoms with van der Waals surface area (Å²) in [5.41, 5.74) is 4.05. The van der Waals surface area contributed by atoms with Gasteiger partial charge >= 0.3 is 5.97 Å². The first kappa shape index (κ1) is 22.9. The summed E-state index contributed by atoms with van der Waals surface area (Å²) >= 11 is 4.06. The number of ether oxygens (including phenoxy) is 1. The van der Waals surface area contributed by atoms with Gasteiger partial charge < -0.3 is 9.84 Å². The van der Waals surface area contributed by atoms with E-state index in [1.165, 1.54) is 5.56 Å². The fourth-order valence-electron chi connectivity index (χ4n) is 3.36. The standard InChI is InChI=1S/C22H36O3S/c1-14(13-25-18(23)9-10-26)11-16-12-17(21(3,4)5)20(24)19(15(16)2)22(6,7)8/h12,14,24,26H,9-11,13H2,1-8H3. The molecule has 26 heavy (non-hydrogen) atoms. The predicted octanol–water partition coefficient (Wildman–Crippen LogP) is 5.34. The molecule has 0 amide bonds. The van der Waals surface area contributed by atoms with Crippen LogP contribution in [0, 0.1) is 12.8 Å². The fourth-order valence-corrected chi connectivity index (χ4v) is 3.54. The summed E-state index contributed by atoms with van der Waals surface area (Å²) in [6, 6.07) is 2.13. The maximum atomic E-state index is 11.6. The third-order valence-electron chi connectivity index (χ3n) is 4.64. The zero-order chi connectivity index (χ0) is 20.3. The highest BCUT2D eigenvalue weighted by molar-refractivity contribution is 7.80. The third-order valence-corrected chi connectivity index (χ3v) is 4.86. The molecule has 0 aromatic heterocycles. The Bertz CT molecular complexity index is 636. The van der Waals surface area contributed by atoms with Crippen molar-refractivity contribution in [1.82, 2.24) is 0 Å². The number of benzene rings is 1. The summed E-state index contributed by atoms with van der Waals surface area (Å²) < 4.78 is 5.34. The van der Waals surface area contributed by atoms with Crippen molar-refractivity contribution in [2.75, 3.05) is 12.4 Å². The van der Waals surface area contributed by atoms with Gasteiger partial charge in [0.25, 0.3) is 0 Å². The minimum atomic E-state index is -0.194. The SMILES string of the molecule is Cc1c(CC(C)COC(=O)CCS)cc(C(C)(C)C)c(O)c1C(C)(C)C.